The van der Waals surface area contributed by atoms with E-state index in [-0.39, 0.29) is 23.7 Å². The Morgan fingerprint density at radius 2 is 1.90 bits per heavy atom. The molecule has 1 N–H and O–H groups in total. The zero-order valence-corrected chi connectivity index (χ0v) is 17.6. The maximum atomic E-state index is 13.5. The van der Waals surface area contributed by atoms with Crippen molar-refractivity contribution in [3.05, 3.63) is 82.3 Å². The van der Waals surface area contributed by atoms with Crippen LogP contribution in [0.3, 0.4) is 0 Å². The van der Waals surface area contributed by atoms with Gasteiger partial charge in [-0.25, -0.2) is 4.98 Å². The summed E-state index contributed by atoms with van der Waals surface area (Å²) >= 11 is 0. The molecule has 2 heterocycles. The van der Waals surface area contributed by atoms with Crippen molar-refractivity contribution < 1.29 is 9.72 Å². The molecule has 0 saturated carbocycles. The minimum Gasteiger partial charge on any atom is -0.346 e. The molecule has 1 aliphatic rings. The quantitative estimate of drug-likeness (QED) is 0.482. The van der Waals surface area contributed by atoms with Crippen LogP contribution < -0.4 is 0 Å². The number of benzene rings is 2. The zero-order valence-electron chi connectivity index (χ0n) is 17.6. The number of hydrogen-bond donors (Lipinski definition) is 1. The number of carbonyl (C=O) groups excluding carboxylic acids is 1. The van der Waals surface area contributed by atoms with Gasteiger partial charge in [-0.05, 0) is 44.6 Å². The van der Waals surface area contributed by atoms with Gasteiger partial charge in [-0.2, -0.15) is 0 Å². The Labute approximate surface area is 180 Å². The fraction of sp³-hybridized carbons (Fsp3) is 0.304. The maximum absolute atomic E-state index is 13.5. The highest BCUT2D eigenvalue weighted by atomic mass is 16.6. The van der Waals surface area contributed by atoms with E-state index in [1.165, 1.54) is 12.1 Å². The van der Waals surface area contributed by atoms with Crippen LogP contribution in [0.15, 0.2) is 60.8 Å². The van der Waals surface area contributed by atoms with Crippen LogP contribution >= 0.6 is 0 Å². The minimum absolute atomic E-state index is 0.0442. The van der Waals surface area contributed by atoms with Crippen LogP contribution in [0, 0.1) is 10.1 Å². The molecule has 3 aromatic rings. The number of likely N-dealkylation sites (N-methyl/N-ethyl adjacent to an activating group) is 1. The van der Waals surface area contributed by atoms with Crippen LogP contribution in [0.2, 0.25) is 0 Å². The Morgan fingerprint density at radius 3 is 2.55 bits per heavy atom. The van der Waals surface area contributed by atoms with Gasteiger partial charge < -0.3 is 9.88 Å². The molecule has 0 bridgehead atoms. The molecule has 0 unspecified atom stereocenters. The Balaban J connectivity index is 1.57. The Bertz CT molecular complexity index is 1060. The first-order valence-corrected chi connectivity index (χ1v) is 10.3. The molecule has 2 aromatic carbocycles. The van der Waals surface area contributed by atoms with Gasteiger partial charge >= 0.3 is 0 Å². The SMILES string of the molecule is CN(C)[C@@H](C(=O)N1CCC[C@H]1c1nc(-c2ccc([N+](=O)[O-])cc2)c[nH]1)c1ccccc1. The van der Waals surface area contributed by atoms with Crippen LogP contribution in [0.1, 0.15) is 36.3 Å². The molecule has 31 heavy (non-hydrogen) atoms. The van der Waals surface area contributed by atoms with E-state index in [2.05, 4.69) is 4.98 Å². The van der Waals surface area contributed by atoms with Crippen LogP contribution in [0.5, 0.6) is 0 Å². The number of H-pyrrole nitrogens is 1. The number of aromatic nitrogens is 2. The van der Waals surface area contributed by atoms with E-state index in [0.29, 0.717) is 12.2 Å². The third-order valence-corrected chi connectivity index (χ3v) is 5.69. The van der Waals surface area contributed by atoms with Gasteiger partial charge in [0.25, 0.3) is 5.69 Å². The van der Waals surface area contributed by atoms with E-state index < -0.39 is 4.92 Å². The van der Waals surface area contributed by atoms with E-state index >= 15 is 0 Å². The lowest BCUT2D eigenvalue weighted by atomic mass is 10.0. The summed E-state index contributed by atoms with van der Waals surface area (Å²) in [5.74, 6) is 0.803. The number of nitrogens with zero attached hydrogens (tertiary/aromatic N) is 4. The van der Waals surface area contributed by atoms with Gasteiger partial charge in [-0.3, -0.25) is 19.8 Å². The second-order valence-electron chi connectivity index (χ2n) is 7.94. The number of imidazole rings is 1. The summed E-state index contributed by atoms with van der Waals surface area (Å²) in [5, 5.41) is 10.9. The molecule has 1 aromatic heterocycles. The van der Waals surface area contributed by atoms with Gasteiger partial charge in [0.1, 0.15) is 11.9 Å². The molecule has 160 valence electrons. The molecule has 8 nitrogen and oxygen atoms in total. The van der Waals surface area contributed by atoms with E-state index in [1.54, 1.807) is 18.3 Å². The predicted octanol–water partition coefficient (Wildman–Crippen LogP) is 3.95. The van der Waals surface area contributed by atoms with Crippen molar-refractivity contribution in [3.8, 4) is 11.3 Å². The number of rotatable bonds is 6. The largest absolute Gasteiger partial charge is 0.346 e. The Kier molecular flexibility index (Phi) is 5.81. The van der Waals surface area contributed by atoms with Crippen molar-refractivity contribution in [3.63, 3.8) is 0 Å². The summed E-state index contributed by atoms with van der Waals surface area (Å²) in [7, 11) is 3.83. The van der Waals surface area contributed by atoms with Crippen molar-refractivity contribution >= 4 is 11.6 Å². The third-order valence-electron chi connectivity index (χ3n) is 5.69. The highest BCUT2D eigenvalue weighted by molar-refractivity contribution is 5.84. The maximum Gasteiger partial charge on any atom is 0.269 e. The molecular formula is C23H25N5O3. The monoisotopic (exact) mass is 419 g/mol. The van der Waals surface area contributed by atoms with E-state index in [0.717, 1.165) is 29.8 Å². The number of nitro groups is 1. The summed E-state index contributed by atoms with van der Waals surface area (Å²) in [4.78, 5) is 35.8. The molecular weight excluding hydrogens is 394 g/mol. The summed E-state index contributed by atoms with van der Waals surface area (Å²) in [6.07, 6.45) is 3.55. The summed E-state index contributed by atoms with van der Waals surface area (Å²) in [6.45, 7) is 0.689. The lowest BCUT2D eigenvalue weighted by molar-refractivity contribution is -0.384. The topological polar surface area (TPSA) is 95.4 Å². The molecule has 4 rings (SSSR count). The summed E-state index contributed by atoms with van der Waals surface area (Å²) in [5.41, 5.74) is 2.51. The van der Waals surface area contributed by atoms with E-state index in [1.807, 2.05) is 54.2 Å². The zero-order chi connectivity index (χ0) is 22.0. The molecule has 1 fully saturated rings. The van der Waals surface area contributed by atoms with Gasteiger partial charge in [-0.1, -0.05) is 30.3 Å². The highest BCUT2D eigenvalue weighted by Gasteiger charge is 2.37. The van der Waals surface area contributed by atoms with Gasteiger partial charge in [-0.15, -0.1) is 0 Å². The van der Waals surface area contributed by atoms with Crippen molar-refractivity contribution in [1.82, 2.24) is 19.8 Å². The van der Waals surface area contributed by atoms with Crippen LogP contribution in [0.25, 0.3) is 11.3 Å². The van der Waals surface area contributed by atoms with Crippen molar-refractivity contribution in [2.75, 3.05) is 20.6 Å². The van der Waals surface area contributed by atoms with Crippen molar-refractivity contribution in [2.45, 2.75) is 24.9 Å². The van der Waals surface area contributed by atoms with E-state index in [9.17, 15) is 14.9 Å². The molecule has 2 atom stereocenters. The molecule has 1 saturated heterocycles. The second kappa shape index (κ2) is 8.69. The molecule has 0 aliphatic carbocycles. The minimum atomic E-state index is -0.421. The average Bonchev–Trinajstić information content (AvgIpc) is 3.44. The van der Waals surface area contributed by atoms with Gasteiger partial charge in [0.05, 0.1) is 16.7 Å². The Morgan fingerprint density at radius 1 is 1.19 bits per heavy atom. The first kappa shape index (κ1) is 20.7. The fourth-order valence-corrected chi connectivity index (χ4v) is 4.18. The van der Waals surface area contributed by atoms with Gasteiger partial charge in [0, 0.05) is 30.4 Å². The number of aromatic amines is 1. The number of amides is 1. The van der Waals surface area contributed by atoms with Crippen LogP contribution in [-0.4, -0.2) is 51.2 Å². The number of carbonyl (C=O) groups is 1. The number of non-ortho nitro benzene ring substituents is 1. The molecule has 0 radical (unpaired) electrons. The average molecular weight is 419 g/mol. The number of nitro benzene ring substituents is 1. The first-order chi connectivity index (χ1) is 15.0. The number of hydrogen-bond acceptors (Lipinski definition) is 5. The molecule has 0 spiro atoms. The molecule has 1 amide bonds. The fourth-order valence-electron chi connectivity index (χ4n) is 4.18. The first-order valence-electron chi connectivity index (χ1n) is 10.3. The second-order valence-corrected chi connectivity index (χ2v) is 7.94. The number of likely N-dealkylation sites (tertiary alicyclic amines) is 1. The predicted molar refractivity (Wildman–Crippen MR) is 117 cm³/mol. The van der Waals surface area contributed by atoms with Crippen LogP contribution in [0.4, 0.5) is 5.69 Å². The lowest BCUT2D eigenvalue weighted by Crippen LogP contribution is -2.40. The smallest absolute Gasteiger partial charge is 0.269 e. The van der Waals surface area contributed by atoms with Crippen molar-refractivity contribution in [1.29, 1.82) is 0 Å². The third kappa shape index (κ3) is 4.20. The number of nitrogens with one attached hydrogen (secondary N) is 1. The van der Waals surface area contributed by atoms with Crippen molar-refractivity contribution in [2.24, 2.45) is 0 Å². The van der Waals surface area contributed by atoms with Gasteiger partial charge in [0.2, 0.25) is 5.91 Å². The highest BCUT2D eigenvalue weighted by Crippen LogP contribution is 2.35. The molecule has 8 heteroatoms. The lowest BCUT2D eigenvalue weighted by Gasteiger charge is -2.31. The summed E-state index contributed by atoms with van der Waals surface area (Å²) < 4.78 is 0. The van der Waals surface area contributed by atoms with Gasteiger partial charge in [0.15, 0.2) is 0 Å². The molecule has 1 aliphatic heterocycles. The summed E-state index contributed by atoms with van der Waals surface area (Å²) in [6, 6.07) is 15.6. The normalized spacial score (nSPS) is 17.1. The standard InChI is InChI=1S/C23H25N5O3/c1-26(2)21(17-7-4-3-5-8-17)23(29)27-14-6-9-20(27)22-24-15-19(25-22)16-10-12-18(13-11-16)28(30)31/h3-5,7-8,10-13,15,20-21H,6,9,14H2,1-2H3,(H,24,25)/t20-,21+/m0/s1. The van der Waals surface area contributed by atoms with Crippen LogP contribution in [-0.2, 0) is 4.79 Å². The Hall–Kier alpha value is -3.52. The van der Waals surface area contributed by atoms with E-state index in [4.69, 9.17) is 4.98 Å².